The smallest absolute Gasteiger partial charge is 0.219 e. The summed E-state index contributed by atoms with van der Waals surface area (Å²) in [6.07, 6.45) is -0.144. The van der Waals surface area contributed by atoms with Crippen molar-refractivity contribution in [2.75, 3.05) is 7.05 Å². The van der Waals surface area contributed by atoms with E-state index >= 15 is 0 Å². The van der Waals surface area contributed by atoms with Crippen LogP contribution in [0.2, 0.25) is 0 Å². The van der Waals surface area contributed by atoms with Crippen LogP contribution in [0.25, 0.3) is 0 Å². The summed E-state index contributed by atoms with van der Waals surface area (Å²) in [4.78, 5) is 10.7. The molecule has 1 unspecified atom stereocenters. The molecule has 1 amide bonds. The molecule has 5 heteroatoms. The zero-order valence-corrected chi connectivity index (χ0v) is 8.26. The Morgan fingerprint density at radius 3 is 2.40 bits per heavy atom. The zero-order chi connectivity index (χ0) is 11.4. The minimum absolute atomic E-state index is 0.144. The minimum Gasteiger partial charge on any atom is -0.370 e. The number of hydrogen-bond acceptors (Lipinski definition) is 2. The monoisotopic (exact) mass is 214 g/mol. The fourth-order valence-corrected chi connectivity index (χ4v) is 1.39. The van der Waals surface area contributed by atoms with Gasteiger partial charge in [-0.1, -0.05) is 6.07 Å². The van der Waals surface area contributed by atoms with E-state index in [1.54, 1.807) is 0 Å². The van der Waals surface area contributed by atoms with Gasteiger partial charge in [-0.05, 0) is 19.2 Å². The van der Waals surface area contributed by atoms with Crippen molar-refractivity contribution in [3.05, 3.63) is 35.4 Å². The third-order valence-electron chi connectivity index (χ3n) is 2.10. The van der Waals surface area contributed by atoms with Crippen molar-refractivity contribution in [3.8, 4) is 0 Å². The van der Waals surface area contributed by atoms with Crippen LogP contribution in [0.15, 0.2) is 18.2 Å². The SMILES string of the molecule is CNC(CC(N)=O)c1c(F)cccc1F. The Kier molecular flexibility index (Phi) is 3.74. The molecule has 0 bridgehead atoms. The van der Waals surface area contributed by atoms with Gasteiger partial charge in [0.15, 0.2) is 0 Å². The van der Waals surface area contributed by atoms with Crippen LogP contribution < -0.4 is 11.1 Å². The first kappa shape index (κ1) is 11.6. The highest BCUT2D eigenvalue weighted by Gasteiger charge is 2.19. The number of rotatable bonds is 4. The van der Waals surface area contributed by atoms with Crippen LogP contribution in [0.5, 0.6) is 0 Å². The van der Waals surface area contributed by atoms with E-state index in [9.17, 15) is 13.6 Å². The first-order chi connectivity index (χ1) is 7.06. The van der Waals surface area contributed by atoms with Gasteiger partial charge >= 0.3 is 0 Å². The average Bonchev–Trinajstić information content (AvgIpc) is 2.15. The standard InChI is InChI=1S/C10H12F2N2O/c1-14-8(5-9(13)15)10-6(11)3-2-4-7(10)12/h2-4,8,14H,5H2,1H3,(H2,13,15). The fourth-order valence-electron chi connectivity index (χ4n) is 1.39. The van der Waals surface area contributed by atoms with Gasteiger partial charge in [0.25, 0.3) is 0 Å². The molecule has 3 N–H and O–H groups in total. The van der Waals surface area contributed by atoms with Crippen molar-refractivity contribution in [2.45, 2.75) is 12.5 Å². The van der Waals surface area contributed by atoms with Crippen molar-refractivity contribution in [2.24, 2.45) is 5.73 Å². The lowest BCUT2D eigenvalue weighted by Gasteiger charge is -2.16. The topological polar surface area (TPSA) is 55.1 Å². The van der Waals surface area contributed by atoms with E-state index in [-0.39, 0.29) is 12.0 Å². The molecule has 0 heterocycles. The van der Waals surface area contributed by atoms with E-state index in [0.29, 0.717) is 0 Å². The van der Waals surface area contributed by atoms with E-state index in [1.165, 1.54) is 13.1 Å². The molecule has 0 saturated carbocycles. The molecule has 0 saturated heterocycles. The van der Waals surface area contributed by atoms with Crippen LogP contribution in [-0.2, 0) is 4.79 Å². The quantitative estimate of drug-likeness (QED) is 0.788. The van der Waals surface area contributed by atoms with E-state index in [4.69, 9.17) is 5.73 Å². The van der Waals surface area contributed by atoms with Crippen LogP contribution in [0, 0.1) is 11.6 Å². The summed E-state index contributed by atoms with van der Waals surface area (Å²) in [5, 5.41) is 2.65. The van der Waals surface area contributed by atoms with Crippen molar-refractivity contribution >= 4 is 5.91 Å². The second kappa shape index (κ2) is 4.84. The van der Waals surface area contributed by atoms with Crippen molar-refractivity contribution in [3.63, 3.8) is 0 Å². The van der Waals surface area contributed by atoms with E-state index < -0.39 is 23.6 Å². The Labute approximate surface area is 86.3 Å². The van der Waals surface area contributed by atoms with Crippen LogP contribution >= 0.6 is 0 Å². The van der Waals surface area contributed by atoms with Crippen LogP contribution in [0.1, 0.15) is 18.0 Å². The van der Waals surface area contributed by atoms with Crippen molar-refractivity contribution < 1.29 is 13.6 Å². The second-order valence-corrected chi connectivity index (χ2v) is 3.15. The maximum atomic E-state index is 13.3. The van der Waals surface area contributed by atoms with Gasteiger partial charge in [-0.25, -0.2) is 8.78 Å². The van der Waals surface area contributed by atoms with Crippen LogP contribution in [0.4, 0.5) is 8.78 Å². The number of carbonyl (C=O) groups excluding carboxylic acids is 1. The molecule has 1 aromatic rings. The summed E-state index contributed by atoms with van der Waals surface area (Å²) < 4.78 is 26.6. The summed E-state index contributed by atoms with van der Waals surface area (Å²) in [7, 11) is 1.51. The molecule has 0 radical (unpaired) electrons. The van der Waals surface area contributed by atoms with E-state index in [1.807, 2.05) is 0 Å². The molecule has 0 spiro atoms. The molecule has 1 aromatic carbocycles. The Bertz CT molecular complexity index is 348. The molecule has 0 aromatic heterocycles. The number of benzene rings is 1. The highest BCUT2D eigenvalue weighted by Crippen LogP contribution is 2.22. The molecule has 3 nitrogen and oxygen atoms in total. The highest BCUT2D eigenvalue weighted by atomic mass is 19.1. The van der Waals surface area contributed by atoms with Gasteiger partial charge in [0, 0.05) is 18.0 Å². The number of hydrogen-bond donors (Lipinski definition) is 2. The Morgan fingerprint density at radius 1 is 1.47 bits per heavy atom. The van der Waals surface area contributed by atoms with Gasteiger partial charge in [0.2, 0.25) is 5.91 Å². The summed E-state index contributed by atoms with van der Waals surface area (Å²) in [6.45, 7) is 0. The molecule has 1 rings (SSSR count). The summed E-state index contributed by atoms with van der Waals surface area (Å²) in [5.74, 6) is -1.98. The van der Waals surface area contributed by atoms with Crippen LogP contribution in [0.3, 0.4) is 0 Å². The zero-order valence-electron chi connectivity index (χ0n) is 8.26. The first-order valence-corrected chi connectivity index (χ1v) is 4.45. The normalized spacial score (nSPS) is 12.5. The molecule has 82 valence electrons. The summed E-state index contributed by atoms with van der Waals surface area (Å²) in [6, 6.07) is 2.82. The summed E-state index contributed by atoms with van der Waals surface area (Å²) in [5.41, 5.74) is 4.83. The van der Waals surface area contributed by atoms with Crippen molar-refractivity contribution in [1.82, 2.24) is 5.32 Å². The molecule has 15 heavy (non-hydrogen) atoms. The predicted octanol–water partition coefficient (Wildman–Crippen LogP) is 1.10. The molecule has 0 aliphatic heterocycles. The van der Waals surface area contributed by atoms with E-state index in [0.717, 1.165) is 12.1 Å². The lowest BCUT2D eigenvalue weighted by molar-refractivity contribution is -0.118. The average molecular weight is 214 g/mol. The number of carbonyl (C=O) groups is 1. The lowest BCUT2D eigenvalue weighted by Crippen LogP contribution is -2.25. The minimum atomic E-state index is -0.733. The van der Waals surface area contributed by atoms with Gasteiger partial charge in [0.05, 0.1) is 0 Å². The molecule has 0 aliphatic rings. The second-order valence-electron chi connectivity index (χ2n) is 3.15. The molecule has 1 atom stereocenters. The van der Waals surface area contributed by atoms with Gasteiger partial charge in [-0.15, -0.1) is 0 Å². The maximum Gasteiger partial charge on any atom is 0.219 e. The van der Waals surface area contributed by atoms with Gasteiger partial charge in [-0.3, -0.25) is 4.79 Å². The maximum absolute atomic E-state index is 13.3. The number of primary amides is 1. The number of halogens is 2. The third-order valence-corrected chi connectivity index (χ3v) is 2.10. The molecule has 0 fully saturated rings. The molecular weight excluding hydrogens is 202 g/mol. The Hall–Kier alpha value is -1.49. The van der Waals surface area contributed by atoms with Gasteiger partial charge < -0.3 is 11.1 Å². The summed E-state index contributed by atoms with van der Waals surface area (Å²) >= 11 is 0. The van der Waals surface area contributed by atoms with Gasteiger partial charge in [0.1, 0.15) is 11.6 Å². The Balaban J connectivity index is 3.05. The number of nitrogens with two attached hydrogens (primary N) is 1. The lowest BCUT2D eigenvalue weighted by atomic mass is 10.0. The third kappa shape index (κ3) is 2.73. The molecule has 0 aliphatic carbocycles. The number of nitrogens with one attached hydrogen (secondary N) is 1. The van der Waals surface area contributed by atoms with Crippen molar-refractivity contribution in [1.29, 1.82) is 0 Å². The van der Waals surface area contributed by atoms with Crippen LogP contribution in [-0.4, -0.2) is 13.0 Å². The number of amides is 1. The first-order valence-electron chi connectivity index (χ1n) is 4.45. The fraction of sp³-hybridized carbons (Fsp3) is 0.300. The Morgan fingerprint density at radius 2 is 2.00 bits per heavy atom. The predicted molar refractivity (Wildman–Crippen MR) is 52.0 cm³/mol. The highest BCUT2D eigenvalue weighted by molar-refractivity contribution is 5.74. The largest absolute Gasteiger partial charge is 0.370 e. The molecular formula is C10H12F2N2O. The van der Waals surface area contributed by atoms with E-state index in [2.05, 4.69) is 5.32 Å². The van der Waals surface area contributed by atoms with Gasteiger partial charge in [-0.2, -0.15) is 0 Å².